The number of carbonyl (C=O) groups excluding carboxylic acids is 1. The lowest BCUT2D eigenvalue weighted by atomic mass is 9.81. The lowest BCUT2D eigenvalue weighted by Gasteiger charge is -2.35. The maximum Gasteiger partial charge on any atom is 0.340 e. The molecule has 0 bridgehead atoms. The van der Waals surface area contributed by atoms with Crippen molar-refractivity contribution in [2.45, 2.75) is 26.0 Å². The normalized spacial score (nSPS) is 21.5. The van der Waals surface area contributed by atoms with E-state index in [1.807, 2.05) is 68.5 Å². The van der Waals surface area contributed by atoms with Gasteiger partial charge in [0.15, 0.2) is 0 Å². The molecule has 27 heavy (non-hydrogen) atoms. The average molecular weight is 358 g/mol. The Morgan fingerprint density at radius 2 is 1.81 bits per heavy atom. The van der Waals surface area contributed by atoms with Crippen LogP contribution in [0, 0.1) is 5.92 Å². The number of benzene rings is 2. The molecule has 0 amide bonds. The standard InChI is InChI=1S/C23H22N2O2/c1-15(2)27-23(26)19-13-8-12-18-21(24-16-9-4-3-5-10-16)17-11-6-7-14-20(17)25-22(18)19/h3-15,17,20,25H,1-2H3. The molecule has 0 radical (unpaired) electrons. The van der Waals surface area contributed by atoms with Crippen LogP contribution >= 0.6 is 0 Å². The number of nitrogens with one attached hydrogen (secondary N) is 1. The van der Waals surface area contributed by atoms with Gasteiger partial charge in [-0.3, -0.25) is 4.99 Å². The number of anilines is 1. The lowest BCUT2D eigenvalue weighted by Crippen LogP contribution is -2.39. The van der Waals surface area contributed by atoms with Crippen LogP contribution in [0.3, 0.4) is 0 Å². The summed E-state index contributed by atoms with van der Waals surface area (Å²) in [5.74, 6) is -0.207. The Labute approximate surface area is 159 Å². The van der Waals surface area contributed by atoms with Gasteiger partial charge in [0.25, 0.3) is 0 Å². The molecule has 2 atom stereocenters. The number of fused-ring (bicyclic) bond motifs is 2. The molecule has 0 saturated heterocycles. The highest BCUT2D eigenvalue weighted by atomic mass is 16.5. The van der Waals surface area contributed by atoms with Crippen molar-refractivity contribution in [3.63, 3.8) is 0 Å². The highest BCUT2D eigenvalue weighted by Gasteiger charge is 2.34. The van der Waals surface area contributed by atoms with Crippen LogP contribution in [0.4, 0.5) is 11.4 Å². The number of hydrogen-bond acceptors (Lipinski definition) is 4. The minimum atomic E-state index is -0.317. The molecular weight excluding hydrogens is 336 g/mol. The zero-order valence-electron chi connectivity index (χ0n) is 15.4. The molecule has 4 nitrogen and oxygen atoms in total. The van der Waals surface area contributed by atoms with E-state index >= 15 is 0 Å². The van der Waals surface area contributed by atoms with Gasteiger partial charge >= 0.3 is 5.97 Å². The van der Waals surface area contributed by atoms with E-state index in [2.05, 4.69) is 17.5 Å². The largest absolute Gasteiger partial charge is 0.459 e. The van der Waals surface area contributed by atoms with E-state index in [-0.39, 0.29) is 24.0 Å². The van der Waals surface area contributed by atoms with E-state index in [9.17, 15) is 4.79 Å². The monoisotopic (exact) mass is 358 g/mol. The maximum absolute atomic E-state index is 12.6. The van der Waals surface area contributed by atoms with Crippen molar-refractivity contribution in [1.29, 1.82) is 0 Å². The number of hydrogen-bond donors (Lipinski definition) is 1. The van der Waals surface area contributed by atoms with Crippen molar-refractivity contribution in [2.24, 2.45) is 10.9 Å². The molecule has 0 spiro atoms. The van der Waals surface area contributed by atoms with Crippen LogP contribution in [0.2, 0.25) is 0 Å². The Morgan fingerprint density at radius 1 is 1.04 bits per heavy atom. The number of rotatable bonds is 3. The van der Waals surface area contributed by atoms with Gasteiger partial charge in [0.05, 0.1) is 34.8 Å². The van der Waals surface area contributed by atoms with Crippen LogP contribution in [0.25, 0.3) is 0 Å². The van der Waals surface area contributed by atoms with Crippen LogP contribution < -0.4 is 5.32 Å². The Kier molecular flexibility index (Phi) is 4.63. The minimum Gasteiger partial charge on any atom is -0.459 e. The van der Waals surface area contributed by atoms with E-state index in [0.717, 1.165) is 22.6 Å². The first kappa shape index (κ1) is 17.3. The number of para-hydroxylation sites is 2. The molecule has 2 aromatic rings. The first-order chi connectivity index (χ1) is 13.1. The summed E-state index contributed by atoms with van der Waals surface area (Å²) >= 11 is 0. The molecule has 0 fully saturated rings. The van der Waals surface area contributed by atoms with Gasteiger partial charge in [-0.1, -0.05) is 54.6 Å². The maximum atomic E-state index is 12.6. The molecule has 136 valence electrons. The predicted octanol–water partition coefficient (Wildman–Crippen LogP) is 4.91. The number of allylic oxidation sites excluding steroid dienone is 2. The summed E-state index contributed by atoms with van der Waals surface area (Å²) in [6.07, 6.45) is 8.17. The molecule has 2 aromatic carbocycles. The van der Waals surface area contributed by atoms with Gasteiger partial charge in [0.2, 0.25) is 0 Å². The van der Waals surface area contributed by atoms with Gasteiger partial charge in [-0.15, -0.1) is 0 Å². The quantitative estimate of drug-likeness (QED) is 0.793. The molecule has 1 aliphatic heterocycles. The fourth-order valence-electron chi connectivity index (χ4n) is 3.50. The summed E-state index contributed by atoms with van der Waals surface area (Å²) < 4.78 is 5.44. The summed E-state index contributed by atoms with van der Waals surface area (Å²) in [7, 11) is 0. The number of ether oxygens (including phenoxy) is 1. The predicted molar refractivity (Wildman–Crippen MR) is 109 cm³/mol. The number of esters is 1. The van der Waals surface area contributed by atoms with Crippen molar-refractivity contribution in [3.8, 4) is 0 Å². The number of carbonyl (C=O) groups is 1. The first-order valence-electron chi connectivity index (χ1n) is 9.23. The SMILES string of the molecule is CC(C)OC(=O)c1cccc2c1NC1C=CC=CC1C2=Nc1ccccc1. The molecule has 2 aliphatic rings. The van der Waals surface area contributed by atoms with Crippen molar-refractivity contribution < 1.29 is 9.53 Å². The van der Waals surface area contributed by atoms with E-state index < -0.39 is 0 Å². The molecule has 1 N–H and O–H groups in total. The zero-order chi connectivity index (χ0) is 18.8. The third kappa shape index (κ3) is 3.43. The van der Waals surface area contributed by atoms with Gasteiger partial charge in [-0.25, -0.2) is 4.79 Å². The molecule has 1 heterocycles. The minimum absolute atomic E-state index is 0.0537. The summed E-state index contributed by atoms with van der Waals surface area (Å²) in [6, 6.07) is 15.7. The van der Waals surface area contributed by atoms with Gasteiger partial charge < -0.3 is 10.1 Å². The molecule has 1 aliphatic carbocycles. The second kappa shape index (κ2) is 7.23. The van der Waals surface area contributed by atoms with Gasteiger partial charge in [0.1, 0.15) is 0 Å². The van der Waals surface area contributed by atoms with Crippen molar-refractivity contribution in [2.75, 3.05) is 5.32 Å². The first-order valence-corrected chi connectivity index (χ1v) is 9.23. The Balaban J connectivity index is 1.85. The summed E-state index contributed by atoms with van der Waals surface area (Å²) in [4.78, 5) is 17.6. The Bertz CT molecular complexity index is 942. The van der Waals surface area contributed by atoms with Crippen LogP contribution in [-0.4, -0.2) is 23.8 Å². The second-order valence-corrected chi connectivity index (χ2v) is 6.98. The van der Waals surface area contributed by atoms with Gasteiger partial charge in [-0.2, -0.15) is 0 Å². The third-order valence-electron chi connectivity index (χ3n) is 4.67. The second-order valence-electron chi connectivity index (χ2n) is 6.98. The van der Waals surface area contributed by atoms with E-state index in [1.54, 1.807) is 6.07 Å². The molecule has 0 aromatic heterocycles. The van der Waals surface area contributed by atoms with Crippen molar-refractivity contribution in [1.82, 2.24) is 0 Å². The topological polar surface area (TPSA) is 50.7 Å². The molecule has 2 unspecified atom stereocenters. The molecule has 0 saturated carbocycles. The smallest absolute Gasteiger partial charge is 0.340 e. The van der Waals surface area contributed by atoms with Crippen molar-refractivity contribution >= 4 is 23.1 Å². The van der Waals surface area contributed by atoms with Crippen molar-refractivity contribution in [3.05, 3.63) is 84.0 Å². The number of nitrogens with zero attached hydrogens (tertiary/aromatic N) is 1. The van der Waals surface area contributed by atoms with Crippen LogP contribution in [0.5, 0.6) is 0 Å². The van der Waals surface area contributed by atoms with E-state index in [4.69, 9.17) is 9.73 Å². The number of aliphatic imine (C=N–C) groups is 1. The average Bonchev–Trinajstić information content (AvgIpc) is 2.67. The Hall–Kier alpha value is -3.14. The lowest BCUT2D eigenvalue weighted by molar-refractivity contribution is 0.0379. The molecular formula is C23H22N2O2. The fourth-order valence-corrected chi connectivity index (χ4v) is 3.50. The van der Waals surface area contributed by atoms with Gasteiger partial charge in [0, 0.05) is 11.5 Å². The summed E-state index contributed by atoms with van der Waals surface area (Å²) in [6.45, 7) is 3.71. The third-order valence-corrected chi connectivity index (χ3v) is 4.67. The zero-order valence-corrected chi connectivity index (χ0v) is 15.4. The van der Waals surface area contributed by atoms with Crippen LogP contribution in [0.15, 0.2) is 77.8 Å². The summed E-state index contributed by atoms with van der Waals surface area (Å²) in [5.41, 5.74) is 4.14. The highest BCUT2D eigenvalue weighted by molar-refractivity contribution is 6.14. The van der Waals surface area contributed by atoms with Crippen LogP contribution in [-0.2, 0) is 4.74 Å². The molecule has 4 heteroatoms. The molecule has 4 rings (SSSR count). The summed E-state index contributed by atoms with van der Waals surface area (Å²) in [5, 5.41) is 3.52. The van der Waals surface area contributed by atoms with Crippen LogP contribution in [0.1, 0.15) is 29.8 Å². The Morgan fingerprint density at radius 3 is 2.59 bits per heavy atom. The fraction of sp³-hybridized carbons (Fsp3) is 0.217. The highest BCUT2D eigenvalue weighted by Crippen LogP contribution is 2.36. The van der Waals surface area contributed by atoms with E-state index in [0.29, 0.717) is 5.56 Å². The van der Waals surface area contributed by atoms with E-state index in [1.165, 1.54) is 0 Å². The van der Waals surface area contributed by atoms with Gasteiger partial charge in [-0.05, 0) is 32.0 Å².